The van der Waals surface area contributed by atoms with Crippen molar-refractivity contribution in [3.8, 4) is 0 Å². The van der Waals surface area contributed by atoms with E-state index in [-0.39, 0.29) is 12.2 Å². The van der Waals surface area contributed by atoms with Crippen LogP contribution in [0.5, 0.6) is 0 Å². The van der Waals surface area contributed by atoms with Gasteiger partial charge in [-0.2, -0.15) is 0 Å². The Kier molecular flexibility index (Phi) is 4.85. The van der Waals surface area contributed by atoms with Gasteiger partial charge in [0.15, 0.2) is 0 Å². The predicted molar refractivity (Wildman–Crippen MR) is 57.3 cm³/mol. The number of aliphatic hydroxyl groups excluding tert-OH is 1. The average Bonchev–Trinajstić information content (AvgIpc) is 2.51. The van der Waals surface area contributed by atoms with E-state index in [1.165, 1.54) is 0 Å². The van der Waals surface area contributed by atoms with Crippen LogP contribution in [0.1, 0.15) is 33.6 Å². The Morgan fingerprint density at radius 3 is 2.57 bits per heavy atom. The molecule has 1 saturated heterocycles. The molecule has 0 aromatic heterocycles. The van der Waals surface area contributed by atoms with E-state index >= 15 is 0 Å². The van der Waals surface area contributed by atoms with Crippen LogP contribution in [-0.2, 0) is 4.74 Å². The van der Waals surface area contributed by atoms with Crippen LogP contribution in [0.4, 0.5) is 0 Å². The molecule has 3 heteroatoms. The highest BCUT2D eigenvalue weighted by Crippen LogP contribution is 2.21. The lowest BCUT2D eigenvalue weighted by Crippen LogP contribution is -2.37. The molecule has 3 atom stereocenters. The highest BCUT2D eigenvalue weighted by atomic mass is 16.5. The molecule has 1 heterocycles. The molecule has 0 aliphatic carbocycles. The molecule has 0 aromatic rings. The van der Waals surface area contributed by atoms with Gasteiger partial charge in [-0.1, -0.05) is 13.8 Å². The van der Waals surface area contributed by atoms with Crippen LogP contribution in [0.2, 0.25) is 0 Å². The first kappa shape index (κ1) is 12.0. The number of ether oxygens (including phenoxy) is 1. The smallest absolute Gasteiger partial charge is 0.0925 e. The summed E-state index contributed by atoms with van der Waals surface area (Å²) in [5.74, 6) is 0.630. The third-order valence-electron chi connectivity index (χ3n) is 2.60. The highest BCUT2D eigenvalue weighted by molar-refractivity contribution is 4.78. The second kappa shape index (κ2) is 5.69. The quantitative estimate of drug-likeness (QED) is 0.701. The summed E-state index contributed by atoms with van der Waals surface area (Å²) in [5, 5.41) is 13.0. The zero-order chi connectivity index (χ0) is 10.6. The van der Waals surface area contributed by atoms with E-state index in [2.05, 4.69) is 26.1 Å². The van der Waals surface area contributed by atoms with Crippen molar-refractivity contribution in [2.24, 2.45) is 5.92 Å². The Hall–Kier alpha value is -0.120. The maximum Gasteiger partial charge on any atom is 0.0925 e. The second-order valence-electron chi connectivity index (χ2n) is 4.68. The van der Waals surface area contributed by atoms with Crippen LogP contribution < -0.4 is 5.32 Å². The first-order chi connectivity index (χ1) is 6.59. The van der Waals surface area contributed by atoms with Crippen molar-refractivity contribution < 1.29 is 9.84 Å². The largest absolute Gasteiger partial charge is 0.389 e. The van der Waals surface area contributed by atoms with E-state index in [1.54, 1.807) is 0 Å². The van der Waals surface area contributed by atoms with Crippen molar-refractivity contribution in [1.82, 2.24) is 5.32 Å². The van der Waals surface area contributed by atoms with Gasteiger partial charge in [0.2, 0.25) is 0 Å². The maximum atomic E-state index is 9.79. The first-order valence-corrected chi connectivity index (χ1v) is 5.64. The fourth-order valence-electron chi connectivity index (χ4n) is 1.77. The topological polar surface area (TPSA) is 41.5 Å². The van der Waals surface area contributed by atoms with Crippen molar-refractivity contribution in [2.75, 3.05) is 13.1 Å². The molecule has 1 fully saturated rings. The Balaban J connectivity index is 2.12. The molecular formula is C11H23NO2. The molecule has 2 N–H and O–H groups in total. The van der Waals surface area contributed by atoms with E-state index in [0.717, 1.165) is 19.4 Å². The minimum absolute atomic E-state index is 0.0460. The van der Waals surface area contributed by atoms with Crippen LogP contribution in [0.25, 0.3) is 0 Å². The maximum absolute atomic E-state index is 9.79. The number of hydrogen-bond acceptors (Lipinski definition) is 3. The zero-order valence-corrected chi connectivity index (χ0v) is 9.49. The van der Waals surface area contributed by atoms with Crippen molar-refractivity contribution >= 4 is 0 Å². The van der Waals surface area contributed by atoms with Crippen LogP contribution in [0, 0.1) is 5.92 Å². The summed E-state index contributed by atoms with van der Waals surface area (Å²) >= 11 is 0. The minimum atomic E-state index is -0.348. The van der Waals surface area contributed by atoms with Gasteiger partial charge in [-0.25, -0.2) is 0 Å². The molecule has 0 radical (unpaired) electrons. The monoisotopic (exact) mass is 201 g/mol. The summed E-state index contributed by atoms with van der Waals surface area (Å²) < 4.78 is 5.59. The number of rotatable bonds is 5. The first-order valence-electron chi connectivity index (χ1n) is 5.64. The summed E-state index contributed by atoms with van der Waals surface area (Å²) in [7, 11) is 0. The van der Waals surface area contributed by atoms with Crippen molar-refractivity contribution in [2.45, 2.75) is 51.9 Å². The molecule has 1 aliphatic rings. The summed E-state index contributed by atoms with van der Waals surface area (Å²) in [4.78, 5) is 0. The predicted octanol–water partition coefficient (Wildman–Crippen LogP) is 1.16. The Morgan fingerprint density at radius 1 is 1.36 bits per heavy atom. The molecule has 1 aliphatic heterocycles. The SMILES string of the molecule is CC(C)CNCC(O)C1CCC(C)O1. The van der Waals surface area contributed by atoms with E-state index < -0.39 is 0 Å². The van der Waals surface area contributed by atoms with Crippen LogP contribution in [0.3, 0.4) is 0 Å². The molecule has 84 valence electrons. The summed E-state index contributed by atoms with van der Waals surface area (Å²) in [6.07, 6.45) is 2.08. The van der Waals surface area contributed by atoms with Crippen molar-refractivity contribution in [3.63, 3.8) is 0 Å². The van der Waals surface area contributed by atoms with Gasteiger partial charge in [0.25, 0.3) is 0 Å². The van der Waals surface area contributed by atoms with Gasteiger partial charge >= 0.3 is 0 Å². The summed E-state index contributed by atoms with van der Waals surface area (Å²) in [6, 6.07) is 0. The molecule has 3 nitrogen and oxygen atoms in total. The van der Waals surface area contributed by atoms with E-state index in [4.69, 9.17) is 4.74 Å². The van der Waals surface area contributed by atoms with Gasteiger partial charge < -0.3 is 15.2 Å². The Bertz CT molecular complexity index is 161. The molecule has 0 spiro atoms. The minimum Gasteiger partial charge on any atom is -0.389 e. The molecule has 0 amide bonds. The fraction of sp³-hybridized carbons (Fsp3) is 1.00. The number of aliphatic hydroxyl groups is 1. The average molecular weight is 201 g/mol. The molecule has 0 bridgehead atoms. The lowest BCUT2D eigenvalue weighted by Gasteiger charge is -2.19. The second-order valence-corrected chi connectivity index (χ2v) is 4.68. The third-order valence-corrected chi connectivity index (χ3v) is 2.60. The molecular weight excluding hydrogens is 178 g/mol. The summed E-state index contributed by atoms with van der Waals surface area (Å²) in [5.41, 5.74) is 0. The van der Waals surface area contributed by atoms with Gasteiger partial charge in [0.05, 0.1) is 18.3 Å². The zero-order valence-electron chi connectivity index (χ0n) is 9.49. The highest BCUT2D eigenvalue weighted by Gasteiger charge is 2.27. The van der Waals surface area contributed by atoms with E-state index in [1.807, 2.05) is 0 Å². The van der Waals surface area contributed by atoms with Crippen molar-refractivity contribution in [3.05, 3.63) is 0 Å². The Labute approximate surface area is 86.8 Å². The van der Waals surface area contributed by atoms with Gasteiger partial charge in [0, 0.05) is 6.54 Å². The van der Waals surface area contributed by atoms with E-state index in [9.17, 15) is 5.11 Å². The van der Waals surface area contributed by atoms with Crippen LogP contribution in [0.15, 0.2) is 0 Å². The molecule has 0 saturated carbocycles. The standard InChI is InChI=1S/C11H23NO2/c1-8(2)6-12-7-10(13)11-5-4-9(3)14-11/h8-13H,4-7H2,1-3H3. The van der Waals surface area contributed by atoms with Gasteiger partial charge in [-0.15, -0.1) is 0 Å². The molecule has 0 aromatic carbocycles. The lowest BCUT2D eigenvalue weighted by atomic mass is 10.1. The third kappa shape index (κ3) is 3.95. The molecule has 3 unspecified atom stereocenters. The molecule has 14 heavy (non-hydrogen) atoms. The number of nitrogens with one attached hydrogen (secondary N) is 1. The Morgan fingerprint density at radius 2 is 2.07 bits per heavy atom. The summed E-state index contributed by atoms with van der Waals surface area (Å²) in [6.45, 7) is 7.99. The van der Waals surface area contributed by atoms with Gasteiger partial charge in [-0.05, 0) is 32.2 Å². The molecule has 1 rings (SSSR count). The lowest BCUT2D eigenvalue weighted by molar-refractivity contribution is -0.0275. The van der Waals surface area contributed by atoms with Crippen LogP contribution >= 0.6 is 0 Å². The normalized spacial score (nSPS) is 29.8. The van der Waals surface area contributed by atoms with Gasteiger partial charge in [0.1, 0.15) is 0 Å². The number of hydrogen-bond donors (Lipinski definition) is 2. The van der Waals surface area contributed by atoms with Gasteiger partial charge in [-0.3, -0.25) is 0 Å². The van der Waals surface area contributed by atoms with E-state index in [0.29, 0.717) is 18.6 Å². The van der Waals surface area contributed by atoms with Crippen LogP contribution in [-0.4, -0.2) is 36.5 Å². The fourth-order valence-corrected chi connectivity index (χ4v) is 1.77. The van der Waals surface area contributed by atoms with Crippen molar-refractivity contribution in [1.29, 1.82) is 0 Å².